The first-order valence-electron chi connectivity index (χ1n) is 15.0. The summed E-state index contributed by atoms with van der Waals surface area (Å²) in [6, 6.07) is 5.14. The predicted octanol–water partition coefficient (Wildman–Crippen LogP) is 5.13. The van der Waals surface area contributed by atoms with E-state index in [0.717, 1.165) is 69.8 Å². The molecule has 3 unspecified atom stereocenters. The Morgan fingerprint density at radius 3 is 2.27 bits per heavy atom. The second-order valence-electron chi connectivity index (χ2n) is 13.5. The fourth-order valence-corrected chi connectivity index (χ4v) is 9.50. The van der Waals surface area contributed by atoms with Crippen molar-refractivity contribution in [3.63, 3.8) is 0 Å². The standard InChI is InChI=1S/C32H44O8/c1-31-11-10-22(33)14-21(31)6-7-25-26-8-9-27(34)32(26,2)16-20(30(25)31)5-3-4-19-12-23(39-17-28(35)36)15-24(13-19)40-18-29(37)38/h12-13,15,20-21,25-27,30,34H,3-11,14,16-18H2,1-2H3,(H,35,36)(H,37,38)/t20-,21-,25?,26?,27-,30?,31-,32-/m0/s1. The molecule has 4 aliphatic carbocycles. The van der Waals surface area contributed by atoms with Gasteiger partial charge in [0.05, 0.1) is 6.10 Å². The fraction of sp³-hybridized carbons (Fsp3) is 0.719. The third-order valence-electron chi connectivity index (χ3n) is 11.2. The first-order valence-corrected chi connectivity index (χ1v) is 15.0. The van der Waals surface area contributed by atoms with Crippen molar-refractivity contribution in [2.75, 3.05) is 13.2 Å². The number of carbonyl (C=O) groups excluding carboxylic acids is 1. The van der Waals surface area contributed by atoms with Gasteiger partial charge in [0.25, 0.3) is 0 Å². The molecule has 4 aliphatic rings. The Hall–Kier alpha value is -2.61. The Kier molecular flexibility index (Phi) is 8.20. The van der Waals surface area contributed by atoms with E-state index in [4.69, 9.17) is 19.7 Å². The van der Waals surface area contributed by atoms with Gasteiger partial charge in [-0.2, -0.15) is 0 Å². The summed E-state index contributed by atoms with van der Waals surface area (Å²) in [5.41, 5.74) is 1.03. The van der Waals surface area contributed by atoms with Crippen molar-refractivity contribution in [2.24, 2.45) is 40.4 Å². The van der Waals surface area contributed by atoms with Crippen LogP contribution in [0.1, 0.15) is 83.6 Å². The first kappa shape index (κ1) is 28.9. The molecule has 40 heavy (non-hydrogen) atoms. The minimum Gasteiger partial charge on any atom is -0.482 e. The zero-order chi connectivity index (χ0) is 28.7. The average Bonchev–Trinajstić information content (AvgIpc) is 3.20. The van der Waals surface area contributed by atoms with E-state index < -0.39 is 25.2 Å². The number of hydrogen-bond donors (Lipinski definition) is 3. The number of aryl methyl sites for hydroxylation is 1. The lowest BCUT2D eigenvalue weighted by Crippen LogP contribution is -2.57. The molecule has 0 amide bonds. The number of aliphatic carboxylic acids is 2. The van der Waals surface area contributed by atoms with Crippen molar-refractivity contribution in [3.05, 3.63) is 23.8 Å². The Bertz CT molecular complexity index is 1100. The molecular formula is C32H44O8. The summed E-state index contributed by atoms with van der Waals surface area (Å²) >= 11 is 0. The highest BCUT2D eigenvalue weighted by atomic mass is 16.5. The van der Waals surface area contributed by atoms with Gasteiger partial charge >= 0.3 is 11.9 Å². The summed E-state index contributed by atoms with van der Waals surface area (Å²) in [6.45, 7) is 3.79. The number of ketones is 1. The number of fused-ring (bicyclic) bond motifs is 5. The van der Waals surface area contributed by atoms with Gasteiger partial charge < -0.3 is 24.8 Å². The summed E-state index contributed by atoms with van der Waals surface area (Å²) in [5, 5.41) is 29.2. The maximum atomic E-state index is 12.4. The van der Waals surface area contributed by atoms with Crippen molar-refractivity contribution in [1.82, 2.24) is 0 Å². The highest BCUT2D eigenvalue weighted by molar-refractivity contribution is 5.79. The number of aliphatic hydroxyl groups is 1. The zero-order valence-corrected chi connectivity index (χ0v) is 23.8. The molecule has 8 heteroatoms. The molecule has 0 spiro atoms. The number of benzene rings is 1. The number of hydrogen-bond acceptors (Lipinski definition) is 6. The number of carboxylic acid groups (broad SMARTS) is 2. The van der Waals surface area contributed by atoms with E-state index in [9.17, 15) is 19.5 Å². The Morgan fingerprint density at radius 2 is 1.62 bits per heavy atom. The van der Waals surface area contributed by atoms with Gasteiger partial charge in [-0.3, -0.25) is 4.79 Å². The lowest BCUT2D eigenvalue weighted by atomic mass is 9.42. The highest BCUT2D eigenvalue weighted by Crippen LogP contribution is 2.68. The van der Waals surface area contributed by atoms with Crippen molar-refractivity contribution in [3.8, 4) is 11.5 Å². The van der Waals surface area contributed by atoms with Crippen molar-refractivity contribution in [1.29, 1.82) is 0 Å². The van der Waals surface area contributed by atoms with Crippen molar-refractivity contribution >= 4 is 17.7 Å². The molecule has 0 aliphatic heterocycles. The largest absolute Gasteiger partial charge is 0.482 e. The van der Waals surface area contributed by atoms with Gasteiger partial charge in [0.1, 0.15) is 17.3 Å². The second kappa shape index (κ2) is 11.3. The van der Waals surface area contributed by atoms with Gasteiger partial charge in [0.2, 0.25) is 0 Å². The molecular weight excluding hydrogens is 512 g/mol. The lowest BCUT2D eigenvalue weighted by molar-refractivity contribution is -0.159. The van der Waals surface area contributed by atoms with Crippen LogP contribution in [0.5, 0.6) is 11.5 Å². The zero-order valence-electron chi connectivity index (χ0n) is 23.8. The maximum Gasteiger partial charge on any atom is 0.341 e. The fourth-order valence-electron chi connectivity index (χ4n) is 9.50. The summed E-state index contributed by atoms with van der Waals surface area (Å²) in [4.78, 5) is 34.5. The molecule has 8 nitrogen and oxygen atoms in total. The summed E-state index contributed by atoms with van der Waals surface area (Å²) in [7, 11) is 0. The van der Waals surface area contributed by atoms with E-state index in [2.05, 4.69) is 13.8 Å². The normalized spacial score (nSPS) is 36.7. The number of rotatable bonds is 10. The molecule has 0 bridgehead atoms. The van der Waals surface area contributed by atoms with E-state index in [1.54, 1.807) is 0 Å². The third-order valence-corrected chi connectivity index (χ3v) is 11.2. The molecule has 220 valence electrons. The topological polar surface area (TPSA) is 130 Å². The smallest absolute Gasteiger partial charge is 0.341 e. The third kappa shape index (κ3) is 5.61. The monoisotopic (exact) mass is 556 g/mol. The van der Waals surface area contributed by atoms with Crippen LogP contribution >= 0.6 is 0 Å². The molecule has 3 N–H and O–H groups in total. The van der Waals surface area contributed by atoms with Gasteiger partial charge in [0, 0.05) is 18.9 Å². The van der Waals surface area contributed by atoms with Crippen LogP contribution in [0, 0.1) is 40.4 Å². The van der Waals surface area contributed by atoms with E-state index in [-0.39, 0.29) is 16.9 Å². The number of aliphatic hydroxyl groups excluding tert-OH is 1. The van der Waals surface area contributed by atoms with Gasteiger partial charge in [-0.05, 0) is 116 Å². The van der Waals surface area contributed by atoms with Crippen LogP contribution in [0.3, 0.4) is 0 Å². The maximum absolute atomic E-state index is 12.4. The van der Waals surface area contributed by atoms with Gasteiger partial charge in [-0.15, -0.1) is 0 Å². The molecule has 0 saturated heterocycles. The van der Waals surface area contributed by atoms with Gasteiger partial charge in [0.15, 0.2) is 13.2 Å². The van der Waals surface area contributed by atoms with Gasteiger partial charge in [-0.1, -0.05) is 13.8 Å². The number of ether oxygens (including phenoxy) is 2. The van der Waals surface area contributed by atoms with Crippen LogP contribution in [0.15, 0.2) is 18.2 Å². The molecule has 0 heterocycles. The molecule has 4 saturated carbocycles. The first-order chi connectivity index (χ1) is 19.0. The average molecular weight is 557 g/mol. The van der Waals surface area contributed by atoms with E-state index in [0.29, 0.717) is 53.3 Å². The molecule has 5 rings (SSSR count). The highest BCUT2D eigenvalue weighted by Gasteiger charge is 2.62. The minimum atomic E-state index is -1.09. The molecule has 0 aromatic heterocycles. The van der Waals surface area contributed by atoms with Crippen LogP contribution in [0.2, 0.25) is 0 Å². The SMILES string of the molecule is C[C@]12C[C@H](CCCc3cc(OCC(=O)O)cc(OCC(=O)O)c3)C3C(CC[C@H]4CC(=O)CC[C@]34C)C1CC[C@@H]2O. The Morgan fingerprint density at radius 1 is 0.950 bits per heavy atom. The van der Waals surface area contributed by atoms with E-state index >= 15 is 0 Å². The van der Waals surface area contributed by atoms with Crippen molar-refractivity contribution < 1.29 is 39.2 Å². The number of carboxylic acids is 2. The molecule has 8 atom stereocenters. The van der Waals surface area contributed by atoms with Crippen LogP contribution in [-0.4, -0.2) is 52.4 Å². The van der Waals surface area contributed by atoms with Crippen LogP contribution in [0.4, 0.5) is 0 Å². The summed E-state index contributed by atoms with van der Waals surface area (Å²) < 4.78 is 10.8. The minimum absolute atomic E-state index is 0.0536. The quantitative estimate of drug-likeness (QED) is 0.361. The van der Waals surface area contributed by atoms with Crippen LogP contribution in [-0.2, 0) is 20.8 Å². The molecule has 0 radical (unpaired) electrons. The van der Waals surface area contributed by atoms with Gasteiger partial charge in [-0.25, -0.2) is 9.59 Å². The summed E-state index contributed by atoms with van der Waals surface area (Å²) in [6.07, 6.45) is 10.1. The molecule has 4 fully saturated rings. The van der Waals surface area contributed by atoms with Crippen LogP contribution in [0.25, 0.3) is 0 Å². The number of Topliss-reactive ketones (excluding diaryl/α,β-unsaturated/α-hetero) is 1. The van der Waals surface area contributed by atoms with E-state index in [1.807, 2.05) is 12.1 Å². The lowest BCUT2D eigenvalue weighted by Gasteiger charge is -2.62. The van der Waals surface area contributed by atoms with Crippen molar-refractivity contribution in [2.45, 2.75) is 90.6 Å². The Labute approximate surface area is 236 Å². The summed E-state index contributed by atoms with van der Waals surface area (Å²) in [5.74, 6) is 1.57. The van der Waals surface area contributed by atoms with E-state index in [1.165, 1.54) is 6.07 Å². The second-order valence-corrected chi connectivity index (χ2v) is 13.5. The Balaban J connectivity index is 1.35. The molecule has 1 aromatic carbocycles. The molecule has 1 aromatic rings. The van der Waals surface area contributed by atoms with Crippen LogP contribution < -0.4 is 9.47 Å². The predicted molar refractivity (Wildman–Crippen MR) is 147 cm³/mol. The number of carbonyl (C=O) groups is 3.